The van der Waals surface area contributed by atoms with Gasteiger partial charge in [0.2, 0.25) is 5.91 Å². The van der Waals surface area contributed by atoms with Crippen molar-refractivity contribution in [3.63, 3.8) is 0 Å². The lowest BCUT2D eigenvalue weighted by atomic mass is 10.0. The molecule has 1 aliphatic carbocycles. The molecule has 0 spiro atoms. The van der Waals surface area contributed by atoms with E-state index in [4.69, 9.17) is 0 Å². The smallest absolute Gasteiger partial charge is 0.225 e. The van der Waals surface area contributed by atoms with Gasteiger partial charge in [-0.15, -0.1) is 10.2 Å². The molecule has 1 aliphatic heterocycles. The topological polar surface area (TPSA) is 49.3 Å². The summed E-state index contributed by atoms with van der Waals surface area (Å²) in [6.07, 6.45) is 2.07. The number of benzene rings is 2. The second-order valence-electron chi connectivity index (χ2n) is 7.99. The van der Waals surface area contributed by atoms with Crippen LogP contribution >= 0.6 is 0 Å². The standard InChI is InChI=1S/C23H23FN4O/c1-15-6-9-19(20(24)14-15)21-17-4-2-3-5-18(17)22(26-25-21)27-10-12-28(13-11-27)23(29)16-7-8-16/h2-6,9,14,16H,7-8,10-13H2,1H3. The normalized spacial score (nSPS) is 17.0. The number of amides is 1. The third kappa shape index (κ3) is 3.33. The predicted molar refractivity (Wildman–Crippen MR) is 111 cm³/mol. The minimum absolute atomic E-state index is 0.255. The van der Waals surface area contributed by atoms with E-state index in [2.05, 4.69) is 15.1 Å². The first-order valence-corrected chi connectivity index (χ1v) is 10.2. The van der Waals surface area contributed by atoms with Crippen LogP contribution in [0.25, 0.3) is 22.0 Å². The molecule has 2 heterocycles. The Morgan fingerprint density at radius 1 is 1.00 bits per heavy atom. The summed E-state index contributed by atoms with van der Waals surface area (Å²) < 4.78 is 14.6. The van der Waals surface area contributed by atoms with Gasteiger partial charge in [-0.05, 0) is 37.5 Å². The molecule has 1 aromatic heterocycles. The van der Waals surface area contributed by atoms with E-state index in [1.54, 1.807) is 6.07 Å². The molecule has 1 amide bonds. The highest BCUT2D eigenvalue weighted by Crippen LogP contribution is 2.34. The molecule has 6 heteroatoms. The molecule has 29 heavy (non-hydrogen) atoms. The van der Waals surface area contributed by atoms with E-state index in [1.807, 2.05) is 42.2 Å². The molecule has 5 nitrogen and oxygen atoms in total. The molecular weight excluding hydrogens is 367 g/mol. The van der Waals surface area contributed by atoms with Gasteiger partial charge in [0.1, 0.15) is 11.5 Å². The number of carbonyl (C=O) groups is 1. The molecule has 2 aromatic carbocycles. The Labute approximate surface area is 169 Å². The molecule has 148 valence electrons. The number of hydrogen-bond donors (Lipinski definition) is 0. The molecule has 2 aliphatic rings. The van der Waals surface area contributed by atoms with Gasteiger partial charge in [0, 0.05) is 48.4 Å². The van der Waals surface area contributed by atoms with Crippen LogP contribution in [0.2, 0.25) is 0 Å². The van der Waals surface area contributed by atoms with Gasteiger partial charge in [0.15, 0.2) is 5.82 Å². The van der Waals surface area contributed by atoms with Crippen molar-refractivity contribution < 1.29 is 9.18 Å². The number of rotatable bonds is 3. The predicted octanol–water partition coefficient (Wildman–Crippen LogP) is 3.80. The number of aryl methyl sites for hydroxylation is 1. The summed E-state index contributed by atoms with van der Waals surface area (Å²) in [5, 5.41) is 10.8. The van der Waals surface area contributed by atoms with E-state index in [0.717, 1.165) is 48.1 Å². The van der Waals surface area contributed by atoms with Crippen molar-refractivity contribution >= 4 is 22.5 Å². The van der Waals surface area contributed by atoms with Crippen LogP contribution in [-0.4, -0.2) is 47.2 Å². The number of halogens is 1. The number of carbonyl (C=O) groups excluding carboxylic acids is 1. The van der Waals surface area contributed by atoms with Gasteiger partial charge >= 0.3 is 0 Å². The van der Waals surface area contributed by atoms with Gasteiger partial charge in [-0.25, -0.2) is 4.39 Å². The molecule has 1 saturated carbocycles. The van der Waals surface area contributed by atoms with E-state index in [9.17, 15) is 9.18 Å². The van der Waals surface area contributed by atoms with E-state index >= 15 is 0 Å². The van der Waals surface area contributed by atoms with Crippen LogP contribution < -0.4 is 4.90 Å². The van der Waals surface area contributed by atoms with Gasteiger partial charge in [-0.3, -0.25) is 4.79 Å². The summed E-state index contributed by atoms with van der Waals surface area (Å²) in [6, 6.07) is 13.1. The molecule has 0 atom stereocenters. The first-order valence-electron chi connectivity index (χ1n) is 10.2. The van der Waals surface area contributed by atoms with Crippen molar-refractivity contribution in [1.82, 2.24) is 15.1 Å². The maximum atomic E-state index is 14.6. The lowest BCUT2D eigenvalue weighted by molar-refractivity contribution is -0.132. The van der Waals surface area contributed by atoms with E-state index < -0.39 is 0 Å². The molecule has 0 unspecified atom stereocenters. The van der Waals surface area contributed by atoms with Gasteiger partial charge in [0.05, 0.1) is 0 Å². The Balaban J connectivity index is 1.48. The van der Waals surface area contributed by atoms with Crippen LogP contribution in [0, 0.1) is 18.7 Å². The molecule has 0 radical (unpaired) electrons. The largest absolute Gasteiger partial charge is 0.351 e. The number of fused-ring (bicyclic) bond motifs is 1. The minimum Gasteiger partial charge on any atom is -0.351 e. The lowest BCUT2D eigenvalue weighted by Gasteiger charge is -2.35. The second-order valence-corrected chi connectivity index (χ2v) is 7.99. The Morgan fingerprint density at radius 2 is 1.72 bits per heavy atom. The summed E-state index contributed by atoms with van der Waals surface area (Å²) in [5.74, 6) is 1.07. The molecule has 3 aromatic rings. The first-order chi connectivity index (χ1) is 14.1. The third-order valence-electron chi connectivity index (χ3n) is 5.86. The van der Waals surface area contributed by atoms with Crippen molar-refractivity contribution in [2.24, 2.45) is 5.92 Å². The Kier molecular flexibility index (Phi) is 4.42. The highest BCUT2D eigenvalue weighted by atomic mass is 19.1. The average Bonchev–Trinajstić information content (AvgIpc) is 3.58. The van der Waals surface area contributed by atoms with Crippen LogP contribution in [0.1, 0.15) is 18.4 Å². The summed E-state index contributed by atoms with van der Waals surface area (Å²) in [4.78, 5) is 16.5. The van der Waals surface area contributed by atoms with E-state index in [1.165, 1.54) is 6.07 Å². The maximum Gasteiger partial charge on any atom is 0.225 e. The van der Waals surface area contributed by atoms with Crippen molar-refractivity contribution in [2.75, 3.05) is 31.1 Å². The van der Waals surface area contributed by atoms with Crippen LogP contribution in [0.15, 0.2) is 42.5 Å². The highest BCUT2D eigenvalue weighted by molar-refractivity contribution is 6.00. The van der Waals surface area contributed by atoms with Crippen molar-refractivity contribution in [3.8, 4) is 11.3 Å². The zero-order chi connectivity index (χ0) is 20.0. The Morgan fingerprint density at radius 3 is 2.41 bits per heavy atom. The van der Waals surface area contributed by atoms with Gasteiger partial charge in [0.25, 0.3) is 0 Å². The fraction of sp³-hybridized carbons (Fsp3) is 0.348. The zero-order valence-corrected chi connectivity index (χ0v) is 16.4. The Hall–Kier alpha value is -3.02. The molecule has 0 N–H and O–H groups in total. The number of aromatic nitrogens is 2. The fourth-order valence-corrected chi connectivity index (χ4v) is 4.06. The highest BCUT2D eigenvalue weighted by Gasteiger charge is 2.35. The van der Waals surface area contributed by atoms with Gasteiger partial charge < -0.3 is 9.80 Å². The summed E-state index contributed by atoms with van der Waals surface area (Å²) in [6.45, 7) is 4.75. The molecule has 2 fully saturated rings. The Bertz CT molecular complexity index is 1090. The van der Waals surface area contributed by atoms with Crippen LogP contribution in [0.3, 0.4) is 0 Å². The first kappa shape index (κ1) is 18.0. The van der Waals surface area contributed by atoms with E-state index in [0.29, 0.717) is 30.3 Å². The fourth-order valence-electron chi connectivity index (χ4n) is 4.06. The summed E-state index contributed by atoms with van der Waals surface area (Å²) >= 11 is 0. The van der Waals surface area contributed by atoms with Crippen LogP contribution in [0.4, 0.5) is 10.2 Å². The second kappa shape index (κ2) is 7.10. The number of piperazine rings is 1. The molecule has 5 rings (SSSR count). The number of nitrogens with zero attached hydrogens (tertiary/aromatic N) is 4. The lowest BCUT2D eigenvalue weighted by Crippen LogP contribution is -2.49. The van der Waals surface area contributed by atoms with Crippen molar-refractivity contribution in [2.45, 2.75) is 19.8 Å². The summed E-state index contributed by atoms with van der Waals surface area (Å²) in [7, 11) is 0. The van der Waals surface area contributed by atoms with Gasteiger partial charge in [-0.1, -0.05) is 30.3 Å². The van der Waals surface area contributed by atoms with Gasteiger partial charge in [-0.2, -0.15) is 0 Å². The van der Waals surface area contributed by atoms with Crippen molar-refractivity contribution in [3.05, 3.63) is 53.8 Å². The number of anilines is 1. The SMILES string of the molecule is Cc1ccc(-c2nnc(N3CCN(C(=O)C4CC4)CC3)c3ccccc23)c(F)c1. The average molecular weight is 390 g/mol. The molecule has 1 saturated heterocycles. The number of hydrogen-bond acceptors (Lipinski definition) is 4. The minimum atomic E-state index is -0.288. The quantitative estimate of drug-likeness (QED) is 0.683. The zero-order valence-electron chi connectivity index (χ0n) is 16.4. The van der Waals surface area contributed by atoms with E-state index in [-0.39, 0.29) is 11.7 Å². The van der Waals surface area contributed by atoms with Crippen LogP contribution in [0.5, 0.6) is 0 Å². The maximum absolute atomic E-state index is 14.6. The summed E-state index contributed by atoms with van der Waals surface area (Å²) in [5.41, 5.74) is 1.90. The molecular formula is C23H23FN4O. The van der Waals surface area contributed by atoms with Crippen LogP contribution in [-0.2, 0) is 4.79 Å². The van der Waals surface area contributed by atoms with Crippen molar-refractivity contribution in [1.29, 1.82) is 0 Å². The molecule has 0 bridgehead atoms. The third-order valence-corrected chi connectivity index (χ3v) is 5.86. The monoisotopic (exact) mass is 390 g/mol.